The lowest BCUT2D eigenvalue weighted by atomic mass is 10.2. The monoisotopic (exact) mass is 264 g/mol. The van der Waals surface area contributed by atoms with Gasteiger partial charge in [0.25, 0.3) is 0 Å². The highest BCUT2D eigenvalue weighted by Crippen LogP contribution is 2.25. The Hall–Kier alpha value is -1.20. The summed E-state index contributed by atoms with van der Waals surface area (Å²) in [6.07, 6.45) is 3.01. The molecule has 1 aromatic rings. The van der Waals surface area contributed by atoms with E-state index in [1.807, 2.05) is 6.20 Å². The first-order valence-corrected chi connectivity index (χ1v) is 6.91. The van der Waals surface area contributed by atoms with E-state index in [0.29, 0.717) is 6.04 Å². The van der Waals surface area contributed by atoms with E-state index >= 15 is 0 Å². The molecule has 1 unspecified atom stereocenters. The predicted octanol–water partition coefficient (Wildman–Crippen LogP) is 1.23. The van der Waals surface area contributed by atoms with Gasteiger partial charge in [-0.15, -0.1) is 0 Å². The van der Waals surface area contributed by atoms with Crippen molar-refractivity contribution in [2.75, 3.05) is 32.1 Å². The highest BCUT2D eigenvalue weighted by Gasteiger charge is 2.26. The molecule has 1 N–H and O–H groups in total. The topological polar surface area (TPSA) is 52.5 Å². The summed E-state index contributed by atoms with van der Waals surface area (Å²) in [7, 11) is 4.22. The number of likely N-dealkylation sites (N-methyl/N-ethyl adjacent to an activating group) is 1. The van der Waals surface area contributed by atoms with Crippen LogP contribution in [0.3, 0.4) is 0 Å². The quantitative estimate of drug-likeness (QED) is 0.886. The summed E-state index contributed by atoms with van der Waals surface area (Å²) in [6.45, 7) is 6.08. The van der Waals surface area contributed by atoms with Crippen LogP contribution < -0.4 is 4.90 Å². The molecule has 0 aliphatic carbocycles. The van der Waals surface area contributed by atoms with Crippen LogP contribution in [0.15, 0.2) is 6.20 Å². The van der Waals surface area contributed by atoms with Gasteiger partial charge in [-0.25, -0.2) is 9.97 Å². The Balaban J connectivity index is 2.21. The molecule has 5 heteroatoms. The van der Waals surface area contributed by atoms with Crippen LogP contribution in [0.25, 0.3) is 0 Å². The predicted molar refractivity (Wildman–Crippen MR) is 76.3 cm³/mol. The second-order valence-corrected chi connectivity index (χ2v) is 5.73. The Morgan fingerprint density at radius 1 is 1.47 bits per heavy atom. The molecule has 1 atom stereocenters. The van der Waals surface area contributed by atoms with Crippen molar-refractivity contribution in [3.05, 3.63) is 17.7 Å². The van der Waals surface area contributed by atoms with Gasteiger partial charge in [-0.1, -0.05) is 13.8 Å². The summed E-state index contributed by atoms with van der Waals surface area (Å²) in [4.78, 5) is 13.4. The van der Waals surface area contributed by atoms with Gasteiger partial charge in [-0.2, -0.15) is 0 Å². The molecule has 1 aliphatic heterocycles. The first-order valence-electron chi connectivity index (χ1n) is 6.91. The van der Waals surface area contributed by atoms with Gasteiger partial charge in [-0.05, 0) is 20.5 Å². The van der Waals surface area contributed by atoms with E-state index < -0.39 is 0 Å². The maximum Gasteiger partial charge on any atom is 0.131 e. The zero-order chi connectivity index (χ0) is 14.0. The van der Waals surface area contributed by atoms with Crippen LogP contribution in [-0.4, -0.2) is 53.2 Å². The van der Waals surface area contributed by atoms with E-state index in [0.717, 1.165) is 36.7 Å². The second kappa shape index (κ2) is 5.84. The van der Waals surface area contributed by atoms with Crippen LogP contribution in [0, 0.1) is 0 Å². The van der Waals surface area contributed by atoms with Crippen molar-refractivity contribution in [2.24, 2.45) is 0 Å². The van der Waals surface area contributed by atoms with E-state index in [9.17, 15) is 5.11 Å². The average molecular weight is 264 g/mol. The Morgan fingerprint density at radius 2 is 2.21 bits per heavy atom. The number of anilines is 1. The third-order valence-corrected chi connectivity index (χ3v) is 3.76. The molecular weight excluding hydrogens is 240 g/mol. The number of nitrogens with zero attached hydrogens (tertiary/aromatic N) is 4. The fourth-order valence-corrected chi connectivity index (χ4v) is 2.47. The maximum absolute atomic E-state index is 9.53. The van der Waals surface area contributed by atoms with Gasteiger partial charge in [0.2, 0.25) is 0 Å². The van der Waals surface area contributed by atoms with E-state index in [4.69, 9.17) is 0 Å². The number of hydrogen-bond donors (Lipinski definition) is 1. The van der Waals surface area contributed by atoms with Gasteiger partial charge in [0, 0.05) is 25.0 Å². The molecule has 5 nitrogen and oxygen atoms in total. The molecule has 2 rings (SSSR count). The van der Waals surface area contributed by atoms with Crippen molar-refractivity contribution in [2.45, 2.75) is 38.8 Å². The highest BCUT2D eigenvalue weighted by atomic mass is 16.3. The summed E-state index contributed by atoms with van der Waals surface area (Å²) in [5.74, 6) is 1.09. The van der Waals surface area contributed by atoms with Crippen molar-refractivity contribution in [1.29, 1.82) is 0 Å². The molecular formula is C14H24N4O. The Morgan fingerprint density at radius 3 is 2.74 bits per heavy atom. The van der Waals surface area contributed by atoms with Crippen molar-refractivity contribution in [3.63, 3.8) is 0 Å². The van der Waals surface area contributed by atoms with Crippen LogP contribution in [0.1, 0.15) is 37.7 Å². The Labute approximate surface area is 115 Å². The number of rotatable bonds is 4. The van der Waals surface area contributed by atoms with Crippen LogP contribution in [0.2, 0.25) is 0 Å². The zero-order valence-electron chi connectivity index (χ0n) is 12.3. The molecule has 0 spiro atoms. The summed E-state index contributed by atoms with van der Waals surface area (Å²) < 4.78 is 0. The maximum atomic E-state index is 9.53. The molecule has 0 aromatic carbocycles. The average Bonchev–Trinajstić information content (AvgIpc) is 2.87. The molecule has 0 saturated carbocycles. The molecule has 1 aliphatic rings. The number of aromatic nitrogens is 2. The lowest BCUT2D eigenvalue weighted by molar-refractivity contribution is 0.276. The second-order valence-electron chi connectivity index (χ2n) is 5.73. The SMILES string of the molecule is CC(C)c1ncc(N2CCC(N(C)C)C2)c(CO)n1. The zero-order valence-corrected chi connectivity index (χ0v) is 12.3. The minimum atomic E-state index is -0.0271. The minimum absolute atomic E-state index is 0.0271. The number of aliphatic hydroxyl groups is 1. The fraction of sp³-hybridized carbons (Fsp3) is 0.714. The van der Waals surface area contributed by atoms with Crippen LogP contribution in [-0.2, 0) is 6.61 Å². The number of hydrogen-bond acceptors (Lipinski definition) is 5. The van der Waals surface area contributed by atoms with Crippen LogP contribution in [0.5, 0.6) is 0 Å². The van der Waals surface area contributed by atoms with Crippen LogP contribution >= 0.6 is 0 Å². The lowest BCUT2D eigenvalue weighted by Crippen LogP contribution is -2.32. The highest BCUT2D eigenvalue weighted by molar-refractivity contribution is 5.50. The lowest BCUT2D eigenvalue weighted by Gasteiger charge is -2.23. The largest absolute Gasteiger partial charge is 0.390 e. The summed E-state index contributed by atoms with van der Waals surface area (Å²) >= 11 is 0. The van der Waals surface area contributed by atoms with Crippen molar-refractivity contribution >= 4 is 5.69 Å². The smallest absolute Gasteiger partial charge is 0.131 e. The first kappa shape index (κ1) is 14.2. The third kappa shape index (κ3) is 3.04. The van der Waals surface area contributed by atoms with Gasteiger partial charge in [0.15, 0.2) is 0 Å². The summed E-state index contributed by atoms with van der Waals surface area (Å²) in [5.41, 5.74) is 1.73. The van der Waals surface area contributed by atoms with Gasteiger partial charge < -0.3 is 14.9 Å². The number of aliphatic hydroxyl groups excluding tert-OH is 1. The van der Waals surface area contributed by atoms with E-state index in [1.165, 1.54) is 0 Å². The molecule has 1 aromatic heterocycles. The van der Waals surface area contributed by atoms with Gasteiger partial charge in [0.05, 0.1) is 24.2 Å². The van der Waals surface area contributed by atoms with E-state index in [1.54, 1.807) is 0 Å². The standard InChI is InChI=1S/C14H24N4O/c1-10(2)14-15-7-13(12(9-19)16-14)18-6-5-11(8-18)17(3)4/h7,10-11,19H,5-6,8-9H2,1-4H3. The summed E-state index contributed by atoms with van der Waals surface area (Å²) in [5, 5.41) is 9.53. The molecule has 2 heterocycles. The van der Waals surface area contributed by atoms with Crippen LogP contribution in [0.4, 0.5) is 5.69 Å². The van der Waals surface area contributed by atoms with Gasteiger partial charge >= 0.3 is 0 Å². The molecule has 19 heavy (non-hydrogen) atoms. The van der Waals surface area contributed by atoms with Gasteiger partial charge in [0.1, 0.15) is 5.82 Å². The fourth-order valence-electron chi connectivity index (χ4n) is 2.47. The molecule has 1 saturated heterocycles. The normalized spacial score (nSPS) is 19.7. The Bertz CT molecular complexity index is 433. The molecule has 1 fully saturated rings. The molecule has 0 bridgehead atoms. The van der Waals surface area contributed by atoms with Crippen molar-refractivity contribution in [3.8, 4) is 0 Å². The third-order valence-electron chi connectivity index (χ3n) is 3.76. The molecule has 0 amide bonds. The molecule has 106 valence electrons. The molecule has 0 radical (unpaired) electrons. The Kier molecular flexibility index (Phi) is 4.37. The minimum Gasteiger partial charge on any atom is -0.390 e. The van der Waals surface area contributed by atoms with Crippen molar-refractivity contribution < 1.29 is 5.11 Å². The first-order chi connectivity index (χ1) is 9.02. The van der Waals surface area contributed by atoms with Crippen molar-refractivity contribution in [1.82, 2.24) is 14.9 Å². The van der Waals surface area contributed by atoms with Gasteiger partial charge in [-0.3, -0.25) is 0 Å². The summed E-state index contributed by atoms with van der Waals surface area (Å²) in [6, 6.07) is 0.566. The van der Waals surface area contributed by atoms with E-state index in [-0.39, 0.29) is 12.5 Å². The van der Waals surface area contributed by atoms with E-state index in [2.05, 4.69) is 47.7 Å².